The van der Waals surface area contributed by atoms with Gasteiger partial charge in [0, 0.05) is 37.0 Å². The molecule has 0 fully saturated rings. The number of alkyl halides is 3. The van der Waals surface area contributed by atoms with Crippen molar-refractivity contribution < 1.29 is 26.7 Å². The molecule has 1 atom stereocenters. The number of nitrogens with zero attached hydrogens (tertiary/aromatic N) is 2. The van der Waals surface area contributed by atoms with Gasteiger partial charge < -0.3 is 15.4 Å². The summed E-state index contributed by atoms with van der Waals surface area (Å²) in [6.45, 7) is 0. The minimum Gasteiger partial charge on any atom is -0.440 e. The molecule has 2 aromatic rings. The standard InChI is InChI=1S/C19H14F5N3O/c1-27(2)9-3-4-10-14(7-9)28-18(26)12(8-25)15(10)11-5-6-13(19(22,23)24)17(21)16(11)20/h3-7,15H,26H2,1-2H3. The predicted octanol–water partition coefficient (Wildman–Crippen LogP) is 4.27. The van der Waals surface area contributed by atoms with Crippen LogP contribution in [0.3, 0.4) is 0 Å². The Kier molecular flexibility index (Phi) is 4.67. The molecular weight excluding hydrogens is 381 g/mol. The summed E-state index contributed by atoms with van der Waals surface area (Å²) in [5.41, 5.74) is 4.39. The highest BCUT2D eigenvalue weighted by Crippen LogP contribution is 2.45. The minimum absolute atomic E-state index is 0.201. The molecule has 146 valence electrons. The van der Waals surface area contributed by atoms with Crippen molar-refractivity contribution in [1.82, 2.24) is 0 Å². The number of hydrogen-bond donors (Lipinski definition) is 1. The van der Waals surface area contributed by atoms with E-state index in [0.717, 1.165) is 6.07 Å². The van der Waals surface area contributed by atoms with Crippen LogP contribution in [0.2, 0.25) is 0 Å². The Hall–Kier alpha value is -3.28. The van der Waals surface area contributed by atoms with Gasteiger partial charge in [-0.25, -0.2) is 8.78 Å². The van der Waals surface area contributed by atoms with E-state index in [-0.39, 0.29) is 22.8 Å². The van der Waals surface area contributed by atoms with Crippen LogP contribution in [0, 0.1) is 23.0 Å². The van der Waals surface area contributed by atoms with Crippen LogP contribution in [0.15, 0.2) is 41.8 Å². The first kappa shape index (κ1) is 19.5. The Labute approximate surface area is 157 Å². The number of rotatable bonds is 2. The van der Waals surface area contributed by atoms with Gasteiger partial charge in [0.2, 0.25) is 5.88 Å². The molecular formula is C19H14F5N3O. The summed E-state index contributed by atoms with van der Waals surface area (Å²) in [5.74, 6) is -5.05. The van der Waals surface area contributed by atoms with Crippen LogP contribution in [0.1, 0.15) is 22.6 Å². The normalized spacial score (nSPS) is 16.3. The summed E-state index contributed by atoms with van der Waals surface area (Å²) in [7, 11) is 3.54. The number of anilines is 1. The quantitative estimate of drug-likeness (QED) is 0.772. The fourth-order valence-electron chi connectivity index (χ4n) is 3.05. The smallest absolute Gasteiger partial charge is 0.419 e. The van der Waals surface area contributed by atoms with Crippen LogP contribution >= 0.6 is 0 Å². The molecule has 1 unspecified atom stereocenters. The van der Waals surface area contributed by atoms with Crippen LogP contribution in [0.4, 0.5) is 27.6 Å². The van der Waals surface area contributed by atoms with Crippen molar-refractivity contribution in [2.45, 2.75) is 12.1 Å². The molecule has 3 rings (SSSR count). The number of allylic oxidation sites excluding steroid dienone is 1. The molecule has 2 aromatic carbocycles. The van der Waals surface area contributed by atoms with E-state index in [2.05, 4.69) is 0 Å². The van der Waals surface area contributed by atoms with E-state index in [4.69, 9.17) is 10.5 Å². The molecule has 0 saturated heterocycles. The van der Waals surface area contributed by atoms with Gasteiger partial charge in [-0.2, -0.15) is 18.4 Å². The van der Waals surface area contributed by atoms with E-state index in [1.54, 1.807) is 37.2 Å². The molecule has 0 spiro atoms. The number of hydrogen-bond acceptors (Lipinski definition) is 4. The molecule has 0 bridgehead atoms. The maximum atomic E-state index is 14.6. The van der Waals surface area contributed by atoms with Crippen molar-refractivity contribution in [3.05, 3.63) is 70.1 Å². The zero-order valence-electron chi connectivity index (χ0n) is 14.7. The van der Waals surface area contributed by atoms with Crippen LogP contribution in [0.25, 0.3) is 0 Å². The molecule has 1 aliphatic rings. The largest absolute Gasteiger partial charge is 0.440 e. The Bertz CT molecular complexity index is 1020. The summed E-state index contributed by atoms with van der Waals surface area (Å²) in [4.78, 5) is 1.76. The summed E-state index contributed by atoms with van der Waals surface area (Å²) < 4.78 is 72.7. The summed E-state index contributed by atoms with van der Waals surface area (Å²) in [6, 6.07) is 7.82. The van der Waals surface area contributed by atoms with Crippen LogP contribution in [0.5, 0.6) is 5.75 Å². The van der Waals surface area contributed by atoms with Crippen molar-refractivity contribution in [3.8, 4) is 11.8 Å². The van der Waals surface area contributed by atoms with Gasteiger partial charge in [-0.05, 0) is 12.1 Å². The van der Waals surface area contributed by atoms with Gasteiger partial charge in [0.1, 0.15) is 17.4 Å². The van der Waals surface area contributed by atoms with Gasteiger partial charge in [-0.1, -0.05) is 12.1 Å². The van der Waals surface area contributed by atoms with Gasteiger partial charge in [-0.15, -0.1) is 0 Å². The first-order valence-corrected chi connectivity index (χ1v) is 8.00. The molecule has 1 aliphatic heterocycles. The lowest BCUT2D eigenvalue weighted by molar-refractivity contribution is -0.140. The summed E-state index contributed by atoms with van der Waals surface area (Å²) in [6.07, 6.45) is -5.05. The topological polar surface area (TPSA) is 62.3 Å². The second-order valence-electron chi connectivity index (χ2n) is 6.37. The van der Waals surface area contributed by atoms with Crippen LogP contribution in [-0.2, 0) is 6.18 Å². The SMILES string of the molecule is CN(C)c1ccc2c(c1)OC(N)=C(C#N)C2c1ccc(C(F)(F)F)c(F)c1F. The lowest BCUT2D eigenvalue weighted by Gasteiger charge is -2.28. The fourth-order valence-corrected chi connectivity index (χ4v) is 3.05. The van der Waals surface area contributed by atoms with Crippen molar-refractivity contribution >= 4 is 5.69 Å². The average molecular weight is 395 g/mol. The van der Waals surface area contributed by atoms with Gasteiger partial charge >= 0.3 is 6.18 Å². The number of fused-ring (bicyclic) bond motifs is 1. The Morgan fingerprint density at radius 1 is 1.07 bits per heavy atom. The first-order valence-electron chi connectivity index (χ1n) is 8.00. The maximum Gasteiger partial charge on any atom is 0.419 e. The number of halogens is 5. The lowest BCUT2D eigenvalue weighted by Crippen LogP contribution is -2.23. The van der Waals surface area contributed by atoms with Gasteiger partial charge in [-0.3, -0.25) is 0 Å². The van der Waals surface area contributed by atoms with Crippen molar-refractivity contribution in [2.24, 2.45) is 5.73 Å². The zero-order valence-corrected chi connectivity index (χ0v) is 14.7. The number of nitrogens with two attached hydrogens (primary N) is 1. The molecule has 2 N–H and O–H groups in total. The number of ether oxygens (including phenoxy) is 1. The molecule has 0 amide bonds. The maximum absolute atomic E-state index is 14.6. The van der Waals surface area contributed by atoms with Gasteiger partial charge in [0.05, 0.1) is 11.5 Å². The zero-order chi connectivity index (χ0) is 20.8. The highest BCUT2D eigenvalue weighted by Gasteiger charge is 2.39. The number of nitriles is 1. The van der Waals surface area contributed by atoms with Gasteiger partial charge in [0.15, 0.2) is 11.6 Å². The van der Waals surface area contributed by atoms with E-state index in [1.807, 2.05) is 0 Å². The predicted molar refractivity (Wildman–Crippen MR) is 91.4 cm³/mol. The first-order chi connectivity index (χ1) is 13.1. The molecule has 0 radical (unpaired) electrons. The minimum atomic E-state index is -5.05. The molecule has 0 aromatic heterocycles. The fraction of sp³-hybridized carbons (Fsp3) is 0.211. The highest BCUT2D eigenvalue weighted by molar-refractivity contribution is 5.61. The Balaban J connectivity index is 2.24. The third kappa shape index (κ3) is 3.11. The monoisotopic (exact) mass is 395 g/mol. The molecule has 0 aliphatic carbocycles. The molecule has 9 heteroatoms. The lowest BCUT2D eigenvalue weighted by atomic mass is 9.82. The van der Waals surface area contributed by atoms with Gasteiger partial charge in [0.25, 0.3) is 0 Å². The van der Waals surface area contributed by atoms with Crippen molar-refractivity contribution in [1.29, 1.82) is 5.26 Å². The van der Waals surface area contributed by atoms with Crippen molar-refractivity contribution in [2.75, 3.05) is 19.0 Å². The third-order valence-corrected chi connectivity index (χ3v) is 4.45. The third-order valence-electron chi connectivity index (χ3n) is 4.45. The molecule has 1 heterocycles. The molecule has 4 nitrogen and oxygen atoms in total. The Morgan fingerprint density at radius 2 is 1.71 bits per heavy atom. The summed E-state index contributed by atoms with van der Waals surface area (Å²) in [5, 5.41) is 9.43. The average Bonchev–Trinajstić information content (AvgIpc) is 2.61. The molecule has 0 saturated carbocycles. The Morgan fingerprint density at radius 3 is 2.29 bits per heavy atom. The number of benzene rings is 2. The van der Waals surface area contributed by atoms with E-state index < -0.39 is 34.9 Å². The summed E-state index contributed by atoms with van der Waals surface area (Å²) >= 11 is 0. The van der Waals surface area contributed by atoms with E-state index >= 15 is 0 Å². The van der Waals surface area contributed by atoms with Crippen LogP contribution in [-0.4, -0.2) is 14.1 Å². The van der Waals surface area contributed by atoms with E-state index in [1.165, 1.54) is 6.07 Å². The second-order valence-corrected chi connectivity index (χ2v) is 6.37. The van der Waals surface area contributed by atoms with E-state index in [0.29, 0.717) is 11.8 Å². The van der Waals surface area contributed by atoms with E-state index in [9.17, 15) is 27.2 Å². The second kappa shape index (κ2) is 6.71. The molecule has 28 heavy (non-hydrogen) atoms. The highest BCUT2D eigenvalue weighted by atomic mass is 19.4. The van der Waals surface area contributed by atoms with Crippen LogP contribution < -0.4 is 15.4 Å². The van der Waals surface area contributed by atoms with Crippen molar-refractivity contribution in [3.63, 3.8) is 0 Å².